The van der Waals surface area contributed by atoms with Gasteiger partial charge in [-0.1, -0.05) is 20.8 Å². The predicted molar refractivity (Wildman–Crippen MR) is 81.3 cm³/mol. The summed E-state index contributed by atoms with van der Waals surface area (Å²) < 4.78 is 5.31. The van der Waals surface area contributed by atoms with Gasteiger partial charge in [-0.25, -0.2) is 0 Å². The maximum Gasteiger partial charge on any atom is 0.0590 e. The van der Waals surface area contributed by atoms with Crippen LogP contribution in [0.4, 0.5) is 0 Å². The minimum atomic E-state index is 0.180. The molecule has 0 aromatic carbocycles. The van der Waals surface area contributed by atoms with E-state index in [0.717, 1.165) is 19.7 Å². The van der Waals surface area contributed by atoms with Crippen LogP contribution in [0.2, 0.25) is 0 Å². The molecule has 1 saturated heterocycles. The highest BCUT2D eigenvalue weighted by Crippen LogP contribution is 2.41. The van der Waals surface area contributed by atoms with E-state index in [2.05, 4.69) is 37.4 Å². The number of rotatable bonds is 8. The number of methoxy groups -OCH3 is 1. The number of ether oxygens (including phenoxy) is 1. The Balaban J connectivity index is 2.91. The van der Waals surface area contributed by atoms with Crippen molar-refractivity contribution in [1.29, 1.82) is 0 Å². The van der Waals surface area contributed by atoms with Crippen molar-refractivity contribution in [2.75, 3.05) is 32.6 Å². The summed E-state index contributed by atoms with van der Waals surface area (Å²) >= 11 is 2.07. The average Bonchev–Trinajstić information content (AvgIpc) is 2.76. The molecular formula is C14H30N2OS. The Labute approximate surface area is 117 Å². The minimum Gasteiger partial charge on any atom is -0.383 e. The molecule has 1 aliphatic rings. The molecule has 0 saturated carbocycles. The van der Waals surface area contributed by atoms with Gasteiger partial charge in [-0.3, -0.25) is 4.90 Å². The van der Waals surface area contributed by atoms with Gasteiger partial charge in [0.05, 0.1) is 6.61 Å². The molecule has 0 amide bonds. The van der Waals surface area contributed by atoms with Crippen LogP contribution >= 0.6 is 11.8 Å². The summed E-state index contributed by atoms with van der Waals surface area (Å²) in [5.41, 5.74) is 6.36. The van der Waals surface area contributed by atoms with Gasteiger partial charge in [-0.15, -0.1) is 0 Å². The molecular weight excluding hydrogens is 244 g/mol. The fourth-order valence-corrected chi connectivity index (χ4v) is 4.71. The summed E-state index contributed by atoms with van der Waals surface area (Å²) in [6.45, 7) is 9.48. The van der Waals surface area contributed by atoms with Crippen molar-refractivity contribution < 1.29 is 4.74 Å². The van der Waals surface area contributed by atoms with Crippen LogP contribution in [0, 0.1) is 0 Å². The molecule has 0 radical (unpaired) electrons. The molecule has 108 valence electrons. The van der Waals surface area contributed by atoms with E-state index < -0.39 is 0 Å². The first kappa shape index (κ1) is 16.3. The Hall–Kier alpha value is 0.230. The molecule has 0 aromatic rings. The van der Waals surface area contributed by atoms with Crippen LogP contribution < -0.4 is 5.73 Å². The number of thioether (sulfide) groups is 1. The number of nitrogens with zero attached hydrogens (tertiary/aromatic N) is 1. The standard InChI is InChI=1S/C14H30N2OS/c1-5-13(6-2)16(8-9-17-4)14(11-15)7-10-18-12(14)3/h12-13H,5-11,15H2,1-4H3. The SMILES string of the molecule is CCC(CC)N(CCOC)C1(CN)CCSC1C. The molecule has 0 aromatic heterocycles. The second-order valence-electron chi connectivity index (χ2n) is 5.23. The molecule has 3 nitrogen and oxygen atoms in total. The monoisotopic (exact) mass is 274 g/mol. The second-order valence-corrected chi connectivity index (χ2v) is 6.68. The summed E-state index contributed by atoms with van der Waals surface area (Å²) in [5, 5.41) is 0.625. The minimum absolute atomic E-state index is 0.180. The van der Waals surface area contributed by atoms with Crippen molar-refractivity contribution in [3.8, 4) is 0 Å². The van der Waals surface area contributed by atoms with Crippen molar-refractivity contribution in [3.63, 3.8) is 0 Å². The third-order valence-electron chi connectivity index (χ3n) is 4.50. The summed E-state index contributed by atoms with van der Waals surface area (Å²) in [6, 6.07) is 0.629. The first-order valence-electron chi connectivity index (χ1n) is 7.23. The highest BCUT2D eigenvalue weighted by molar-refractivity contribution is 8.00. The van der Waals surface area contributed by atoms with Crippen LogP contribution in [-0.2, 0) is 4.74 Å². The van der Waals surface area contributed by atoms with Gasteiger partial charge >= 0.3 is 0 Å². The number of hydrogen-bond acceptors (Lipinski definition) is 4. The highest BCUT2D eigenvalue weighted by Gasteiger charge is 2.46. The van der Waals surface area contributed by atoms with Crippen molar-refractivity contribution >= 4 is 11.8 Å². The molecule has 2 atom stereocenters. The molecule has 0 spiro atoms. The molecule has 1 aliphatic heterocycles. The maximum atomic E-state index is 6.18. The van der Waals surface area contributed by atoms with E-state index in [1.54, 1.807) is 7.11 Å². The fourth-order valence-electron chi connectivity index (χ4n) is 3.22. The van der Waals surface area contributed by atoms with Crippen molar-refractivity contribution in [3.05, 3.63) is 0 Å². The Kier molecular flexibility index (Phi) is 6.99. The van der Waals surface area contributed by atoms with Crippen LogP contribution in [0.15, 0.2) is 0 Å². The summed E-state index contributed by atoms with van der Waals surface area (Å²) in [6.07, 6.45) is 3.61. The highest BCUT2D eigenvalue weighted by atomic mass is 32.2. The van der Waals surface area contributed by atoms with Crippen LogP contribution in [0.3, 0.4) is 0 Å². The first-order chi connectivity index (χ1) is 8.66. The summed E-state index contributed by atoms with van der Waals surface area (Å²) in [5.74, 6) is 1.24. The molecule has 18 heavy (non-hydrogen) atoms. The largest absolute Gasteiger partial charge is 0.383 e. The number of hydrogen-bond donors (Lipinski definition) is 1. The van der Waals surface area contributed by atoms with Gasteiger partial charge in [0.2, 0.25) is 0 Å². The topological polar surface area (TPSA) is 38.5 Å². The Bertz CT molecular complexity index is 236. The van der Waals surface area contributed by atoms with Crippen LogP contribution in [0.25, 0.3) is 0 Å². The molecule has 0 aliphatic carbocycles. The van der Waals surface area contributed by atoms with Gasteiger partial charge in [0.25, 0.3) is 0 Å². The quantitative estimate of drug-likeness (QED) is 0.737. The van der Waals surface area contributed by atoms with Gasteiger partial charge in [0, 0.05) is 37.0 Å². The lowest BCUT2D eigenvalue weighted by molar-refractivity contribution is 0.0220. The lowest BCUT2D eigenvalue weighted by Crippen LogP contribution is -2.61. The molecule has 4 heteroatoms. The van der Waals surface area contributed by atoms with Gasteiger partial charge in [-0.2, -0.15) is 11.8 Å². The second kappa shape index (κ2) is 7.73. The fraction of sp³-hybridized carbons (Fsp3) is 1.00. The van der Waals surface area contributed by atoms with Crippen LogP contribution in [-0.4, -0.2) is 54.3 Å². The molecule has 0 bridgehead atoms. The average molecular weight is 274 g/mol. The molecule has 2 N–H and O–H groups in total. The van der Waals surface area contributed by atoms with Crippen molar-refractivity contribution in [2.24, 2.45) is 5.73 Å². The Morgan fingerprint density at radius 2 is 2.11 bits per heavy atom. The van der Waals surface area contributed by atoms with E-state index in [1.165, 1.54) is 25.0 Å². The van der Waals surface area contributed by atoms with E-state index in [1.807, 2.05) is 0 Å². The summed E-state index contributed by atoms with van der Waals surface area (Å²) in [7, 11) is 1.78. The summed E-state index contributed by atoms with van der Waals surface area (Å²) in [4.78, 5) is 2.65. The van der Waals surface area contributed by atoms with Crippen molar-refractivity contribution in [1.82, 2.24) is 4.90 Å². The van der Waals surface area contributed by atoms with E-state index >= 15 is 0 Å². The van der Waals surface area contributed by atoms with Gasteiger partial charge in [0.1, 0.15) is 0 Å². The molecule has 1 fully saturated rings. The van der Waals surface area contributed by atoms with E-state index in [-0.39, 0.29) is 5.54 Å². The zero-order valence-electron chi connectivity index (χ0n) is 12.4. The van der Waals surface area contributed by atoms with Crippen LogP contribution in [0.1, 0.15) is 40.0 Å². The predicted octanol–water partition coefficient (Wildman–Crippen LogP) is 2.35. The van der Waals surface area contributed by atoms with Crippen molar-refractivity contribution in [2.45, 2.75) is 56.9 Å². The lowest BCUT2D eigenvalue weighted by Gasteiger charge is -2.47. The lowest BCUT2D eigenvalue weighted by atomic mass is 9.87. The smallest absolute Gasteiger partial charge is 0.0590 e. The molecule has 2 unspecified atom stereocenters. The van der Waals surface area contributed by atoms with E-state index in [4.69, 9.17) is 10.5 Å². The molecule has 1 heterocycles. The Morgan fingerprint density at radius 3 is 2.50 bits per heavy atom. The normalized spacial score (nSPS) is 28.5. The maximum absolute atomic E-state index is 6.18. The molecule has 1 rings (SSSR count). The Morgan fingerprint density at radius 1 is 1.44 bits per heavy atom. The zero-order chi connectivity index (χ0) is 13.6. The van der Waals surface area contributed by atoms with E-state index in [9.17, 15) is 0 Å². The van der Waals surface area contributed by atoms with Gasteiger partial charge in [-0.05, 0) is 25.0 Å². The van der Waals surface area contributed by atoms with E-state index in [0.29, 0.717) is 11.3 Å². The van der Waals surface area contributed by atoms with Gasteiger partial charge in [0.15, 0.2) is 0 Å². The first-order valence-corrected chi connectivity index (χ1v) is 8.28. The third kappa shape index (κ3) is 3.21. The number of nitrogens with two attached hydrogens (primary N) is 1. The van der Waals surface area contributed by atoms with Crippen LogP contribution in [0.5, 0.6) is 0 Å². The van der Waals surface area contributed by atoms with Gasteiger partial charge < -0.3 is 10.5 Å². The zero-order valence-corrected chi connectivity index (χ0v) is 13.3. The third-order valence-corrected chi connectivity index (χ3v) is 5.88.